The summed E-state index contributed by atoms with van der Waals surface area (Å²) in [5.41, 5.74) is 0. The molecule has 1 atom stereocenters. The number of aryl methyl sites for hydroxylation is 2. The van der Waals surface area contributed by atoms with Gasteiger partial charge in [-0.1, -0.05) is 13.8 Å². The number of rotatable bonds is 7. The first kappa shape index (κ1) is 13.1. The third-order valence-corrected chi connectivity index (χ3v) is 2.32. The number of nitrogens with zero attached hydrogens (tertiary/aromatic N) is 3. The van der Waals surface area contributed by atoms with E-state index in [0.29, 0.717) is 19.8 Å². The predicted molar refractivity (Wildman–Crippen MR) is 61.3 cm³/mol. The van der Waals surface area contributed by atoms with Gasteiger partial charge in [0.2, 0.25) is 0 Å². The van der Waals surface area contributed by atoms with E-state index in [1.165, 1.54) is 0 Å². The summed E-state index contributed by atoms with van der Waals surface area (Å²) in [5, 5.41) is 14.1. The maximum Gasteiger partial charge on any atom is 0.150 e. The molecule has 0 aliphatic carbocycles. The molecule has 1 aromatic heterocycles. The molecular formula is C11H21N3O2. The van der Waals surface area contributed by atoms with Gasteiger partial charge in [0.05, 0.1) is 19.3 Å². The Hall–Kier alpha value is -0.940. The monoisotopic (exact) mass is 227 g/mol. The van der Waals surface area contributed by atoms with Gasteiger partial charge in [0.25, 0.3) is 0 Å². The first-order valence-corrected chi connectivity index (χ1v) is 5.89. The van der Waals surface area contributed by atoms with Crippen LogP contribution in [0, 0.1) is 0 Å². The number of aliphatic hydroxyl groups is 1. The van der Waals surface area contributed by atoms with Gasteiger partial charge in [0.1, 0.15) is 5.82 Å². The van der Waals surface area contributed by atoms with Crippen LogP contribution < -0.4 is 0 Å². The first-order chi connectivity index (χ1) is 7.71. The second-order valence-electron chi connectivity index (χ2n) is 3.65. The number of ether oxygens (including phenoxy) is 1. The summed E-state index contributed by atoms with van der Waals surface area (Å²) in [4.78, 5) is 4.38. The minimum absolute atomic E-state index is 0.348. The SMILES string of the molecule is CCOCC(O)Cn1nc(CC)nc1CC. The van der Waals surface area contributed by atoms with Gasteiger partial charge in [-0.05, 0) is 6.92 Å². The van der Waals surface area contributed by atoms with E-state index in [1.807, 2.05) is 20.8 Å². The van der Waals surface area contributed by atoms with E-state index in [9.17, 15) is 5.11 Å². The molecule has 1 N–H and O–H groups in total. The van der Waals surface area contributed by atoms with Crippen molar-refractivity contribution < 1.29 is 9.84 Å². The highest BCUT2D eigenvalue weighted by Gasteiger charge is 2.11. The molecule has 0 bridgehead atoms. The van der Waals surface area contributed by atoms with Crippen LogP contribution >= 0.6 is 0 Å². The zero-order valence-corrected chi connectivity index (χ0v) is 10.3. The van der Waals surface area contributed by atoms with Gasteiger partial charge < -0.3 is 9.84 Å². The minimum Gasteiger partial charge on any atom is -0.389 e. The Morgan fingerprint density at radius 1 is 1.31 bits per heavy atom. The molecule has 0 amide bonds. The van der Waals surface area contributed by atoms with Crippen molar-refractivity contribution in [1.82, 2.24) is 14.8 Å². The minimum atomic E-state index is -0.517. The lowest BCUT2D eigenvalue weighted by atomic mass is 10.3. The van der Waals surface area contributed by atoms with Gasteiger partial charge in [-0.2, -0.15) is 5.10 Å². The van der Waals surface area contributed by atoms with Crippen LogP contribution in [0.3, 0.4) is 0 Å². The molecule has 1 heterocycles. The molecule has 92 valence electrons. The Morgan fingerprint density at radius 2 is 2.06 bits per heavy atom. The lowest BCUT2D eigenvalue weighted by Crippen LogP contribution is -2.23. The van der Waals surface area contributed by atoms with E-state index in [2.05, 4.69) is 10.1 Å². The molecule has 0 aromatic carbocycles. The van der Waals surface area contributed by atoms with E-state index >= 15 is 0 Å². The molecule has 0 aliphatic rings. The third kappa shape index (κ3) is 3.57. The maximum absolute atomic E-state index is 9.72. The molecule has 0 aliphatic heterocycles. The standard InChI is InChI=1S/C11H21N3O2/c1-4-10-12-11(5-2)14(13-10)7-9(15)8-16-6-3/h9,15H,4-8H2,1-3H3. The molecule has 16 heavy (non-hydrogen) atoms. The molecule has 1 aromatic rings. The van der Waals surface area contributed by atoms with E-state index in [1.54, 1.807) is 4.68 Å². The zero-order valence-electron chi connectivity index (χ0n) is 10.3. The summed E-state index contributed by atoms with van der Waals surface area (Å²) < 4.78 is 6.94. The number of aromatic nitrogens is 3. The molecule has 0 saturated carbocycles. The van der Waals surface area contributed by atoms with Crippen LogP contribution in [-0.2, 0) is 24.1 Å². The lowest BCUT2D eigenvalue weighted by Gasteiger charge is -2.11. The predicted octanol–water partition coefficient (Wildman–Crippen LogP) is 0.800. The van der Waals surface area contributed by atoms with Crippen molar-refractivity contribution in [3.63, 3.8) is 0 Å². The van der Waals surface area contributed by atoms with Crippen molar-refractivity contribution >= 4 is 0 Å². The summed E-state index contributed by atoms with van der Waals surface area (Å²) in [7, 11) is 0. The van der Waals surface area contributed by atoms with Crippen molar-refractivity contribution in [1.29, 1.82) is 0 Å². The van der Waals surface area contributed by atoms with Crippen LogP contribution in [0.2, 0.25) is 0 Å². The molecule has 0 fully saturated rings. The quantitative estimate of drug-likeness (QED) is 0.748. The average Bonchev–Trinajstić information content (AvgIpc) is 2.68. The molecule has 5 heteroatoms. The Morgan fingerprint density at radius 3 is 2.62 bits per heavy atom. The highest BCUT2D eigenvalue weighted by Crippen LogP contribution is 2.02. The Labute approximate surface area is 96.5 Å². The third-order valence-electron chi connectivity index (χ3n) is 2.32. The molecule has 5 nitrogen and oxygen atoms in total. The van der Waals surface area contributed by atoms with Crippen LogP contribution in [0.1, 0.15) is 32.4 Å². The van der Waals surface area contributed by atoms with E-state index in [4.69, 9.17) is 4.74 Å². The van der Waals surface area contributed by atoms with Crippen molar-refractivity contribution in [2.75, 3.05) is 13.2 Å². The number of hydrogen-bond donors (Lipinski definition) is 1. The Balaban J connectivity index is 2.60. The van der Waals surface area contributed by atoms with E-state index < -0.39 is 6.10 Å². The molecule has 1 rings (SSSR count). The lowest BCUT2D eigenvalue weighted by molar-refractivity contribution is 0.0311. The topological polar surface area (TPSA) is 60.2 Å². The van der Waals surface area contributed by atoms with Crippen molar-refractivity contribution in [3.05, 3.63) is 11.6 Å². The van der Waals surface area contributed by atoms with Crippen LogP contribution in [0.15, 0.2) is 0 Å². The smallest absolute Gasteiger partial charge is 0.150 e. The van der Waals surface area contributed by atoms with Crippen molar-refractivity contribution in [2.24, 2.45) is 0 Å². The van der Waals surface area contributed by atoms with Crippen molar-refractivity contribution in [3.8, 4) is 0 Å². The van der Waals surface area contributed by atoms with Crippen molar-refractivity contribution in [2.45, 2.75) is 46.3 Å². The van der Waals surface area contributed by atoms with Gasteiger partial charge in [0.15, 0.2) is 5.82 Å². The fraction of sp³-hybridized carbons (Fsp3) is 0.818. The molecule has 1 unspecified atom stereocenters. The van der Waals surface area contributed by atoms with Gasteiger partial charge in [0, 0.05) is 19.4 Å². The van der Waals surface area contributed by atoms with Gasteiger partial charge >= 0.3 is 0 Å². The Bertz CT molecular complexity index is 312. The summed E-state index contributed by atoms with van der Waals surface area (Å²) in [5.74, 6) is 1.76. The van der Waals surface area contributed by atoms with Crippen LogP contribution in [0.5, 0.6) is 0 Å². The molecule has 0 saturated heterocycles. The highest BCUT2D eigenvalue weighted by atomic mass is 16.5. The second kappa shape index (κ2) is 6.60. The van der Waals surface area contributed by atoms with Crippen LogP contribution in [0.4, 0.5) is 0 Å². The average molecular weight is 227 g/mol. The molecule has 0 radical (unpaired) electrons. The van der Waals surface area contributed by atoms with Crippen LogP contribution in [0.25, 0.3) is 0 Å². The Kier molecular flexibility index (Phi) is 5.42. The fourth-order valence-corrected chi connectivity index (χ4v) is 1.49. The number of hydrogen-bond acceptors (Lipinski definition) is 4. The fourth-order valence-electron chi connectivity index (χ4n) is 1.49. The molecular weight excluding hydrogens is 206 g/mol. The summed E-state index contributed by atoms with van der Waals surface area (Å²) >= 11 is 0. The summed E-state index contributed by atoms with van der Waals surface area (Å²) in [6.07, 6.45) is 1.13. The normalized spacial score (nSPS) is 13.0. The van der Waals surface area contributed by atoms with Gasteiger partial charge in [-0.15, -0.1) is 0 Å². The second-order valence-corrected chi connectivity index (χ2v) is 3.65. The van der Waals surface area contributed by atoms with Gasteiger partial charge in [-0.3, -0.25) is 0 Å². The summed E-state index contributed by atoms with van der Waals surface area (Å²) in [6, 6.07) is 0. The maximum atomic E-state index is 9.72. The van der Waals surface area contributed by atoms with Crippen LogP contribution in [-0.4, -0.2) is 39.2 Å². The largest absolute Gasteiger partial charge is 0.389 e. The molecule has 0 spiro atoms. The first-order valence-electron chi connectivity index (χ1n) is 5.89. The zero-order chi connectivity index (χ0) is 12.0. The highest BCUT2D eigenvalue weighted by molar-refractivity contribution is 4.92. The van der Waals surface area contributed by atoms with E-state index in [-0.39, 0.29) is 0 Å². The number of aliphatic hydroxyl groups excluding tert-OH is 1. The van der Waals surface area contributed by atoms with Gasteiger partial charge in [-0.25, -0.2) is 9.67 Å². The summed E-state index contributed by atoms with van der Waals surface area (Å²) in [6.45, 7) is 7.39. The van der Waals surface area contributed by atoms with E-state index in [0.717, 1.165) is 24.5 Å².